The molecule has 0 aliphatic carbocycles. The highest BCUT2D eigenvalue weighted by atomic mass is 19.1. The lowest BCUT2D eigenvalue weighted by molar-refractivity contribution is -0.129. The smallest absolute Gasteiger partial charge is 0.363 e. The molecule has 3 aromatic rings. The highest BCUT2D eigenvalue weighted by Gasteiger charge is 2.26. The van der Waals surface area contributed by atoms with Crippen molar-refractivity contribution in [2.75, 3.05) is 7.11 Å². The van der Waals surface area contributed by atoms with Gasteiger partial charge in [0.25, 0.3) is 0 Å². The van der Waals surface area contributed by atoms with E-state index in [1.165, 1.54) is 17.7 Å². The molecule has 4 rings (SSSR count). The monoisotopic (exact) mass is 417 g/mol. The van der Waals surface area contributed by atoms with Gasteiger partial charge in [-0.3, -0.25) is 0 Å². The van der Waals surface area contributed by atoms with Crippen LogP contribution in [-0.4, -0.2) is 19.0 Å². The number of benzene rings is 3. The Hall–Kier alpha value is -3.93. The Morgan fingerprint density at radius 1 is 1.06 bits per heavy atom. The standard InChI is InChI=1S/C25H20FNO4/c1-16-7-9-17(10-8-16)15-30-23-12-11-19(29-2)13-18(23)14-22-25(28)31-24(27-22)20-5-3-4-6-21(20)26/h3-14H,15H2,1-2H3/b22-14+. The average molecular weight is 417 g/mol. The molecular weight excluding hydrogens is 397 g/mol. The molecule has 0 bridgehead atoms. The Bertz CT molecular complexity index is 1180. The Balaban J connectivity index is 1.64. The molecule has 5 nitrogen and oxygen atoms in total. The number of hydrogen-bond acceptors (Lipinski definition) is 5. The Labute approximate surface area is 179 Å². The molecule has 0 saturated carbocycles. The zero-order chi connectivity index (χ0) is 21.8. The number of aryl methyl sites for hydroxylation is 1. The van der Waals surface area contributed by atoms with Crippen molar-refractivity contribution in [1.82, 2.24) is 0 Å². The van der Waals surface area contributed by atoms with E-state index < -0.39 is 11.8 Å². The molecular formula is C25H20FNO4. The van der Waals surface area contributed by atoms with Crippen LogP contribution in [0.2, 0.25) is 0 Å². The fourth-order valence-electron chi connectivity index (χ4n) is 3.05. The van der Waals surface area contributed by atoms with Crippen LogP contribution < -0.4 is 9.47 Å². The number of esters is 1. The second-order valence-electron chi connectivity index (χ2n) is 6.99. The van der Waals surface area contributed by atoms with Crippen LogP contribution in [0.5, 0.6) is 11.5 Å². The molecule has 1 heterocycles. The minimum atomic E-state index is -0.662. The minimum absolute atomic E-state index is 0.0479. The number of cyclic esters (lactones) is 1. The van der Waals surface area contributed by atoms with Crippen LogP contribution in [0.1, 0.15) is 22.3 Å². The maximum atomic E-state index is 14.0. The van der Waals surface area contributed by atoms with Crippen LogP contribution in [0, 0.1) is 12.7 Å². The summed E-state index contributed by atoms with van der Waals surface area (Å²) in [4.78, 5) is 16.5. The summed E-state index contributed by atoms with van der Waals surface area (Å²) < 4.78 is 30.5. The van der Waals surface area contributed by atoms with Gasteiger partial charge < -0.3 is 14.2 Å². The summed E-state index contributed by atoms with van der Waals surface area (Å²) in [5.74, 6) is -0.0980. The van der Waals surface area contributed by atoms with Gasteiger partial charge in [-0.2, -0.15) is 0 Å². The van der Waals surface area contributed by atoms with Gasteiger partial charge in [0.05, 0.1) is 12.7 Å². The van der Waals surface area contributed by atoms with Crippen LogP contribution in [0.4, 0.5) is 4.39 Å². The van der Waals surface area contributed by atoms with Crippen LogP contribution in [0.15, 0.2) is 77.4 Å². The van der Waals surface area contributed by atoms with Crippen LogP contribution >= 0.6 is 0 Å². The third-order valence-corrected chi connectivity index (χ3v) is 4.75. The second kappa shape index (κ2) is 8.83. The van der Waals surface area contributed by atoms with Crippen molar-refractivity contribution in [2.24, 2.45) is 4.99 Å². The number of nitrogens with zero attached hydrogens (tertiary/aromatic N) is 1. The van der Waals surface area contributed by atoms with E-state index in [4.69, 9.17) is 14.2 Å². The van der Waals surface area contributed by atoms with Crippen LogP contribution in [0.25, 0.3) is 6.08 Å². The summed E-state index contributed by atoms with van der Waals surface area (Å²) in [6, 6.07) is 19.3. The van der Waals surface area contributed by atoms with Gasteiger partial charge in [-0.05, 0) is 48.9 Å². The van der Waals surface area contributed by atoms with Crippen LogP contribution in [0.3, 0.4) is 0 Å². The van der Waals surface area contributed by atoms with Gasteiger partial charge in [0.2, 0.25) is 5.90 Å². The molecule has 0 N–H and O–H groups in total. The van der Waals surface area contributed by atoms with Crippen molar-refractivity contribution in [1.29, 1.82) is 0 Å². The largest absolute Gasteiger partial charge is 0.497 e. The minimum Gasteiger partial charge on any atom is -0.497 e. The number of aliphatic imine (C=N–C) groups is 1. The molecule has 3 aromatic carbocycles. The summed E-state index contributed by atoms with van der Waals surface area (Å²) in [5.41, 5.74) is 2.95. The van der Waals surface area contributed by atoms with Gasteiger partial charge in [0, 0.05) is 5.56 Å². The van der Waals surface area contributed by atoms with Crippen molar-refractivity contribution in [3.05, 3.63) is 100 Å². The molecule has 0 saturated heterocycles. The predicted molar refractivity (Wildman–Crippen MR) is 116 cm³/mol. The van der Waals surface area contributed by atoms with E-state index in [2.05, 4.69) is 4.99 Å². The molecule has 6 heteroatoms. The lowest BCUT2D eigenvalue weighted by atomic mass is 10.1. The number of carbonyl (C=O) groups is 1. The first-order chi connectivity index (χ1) is 15.0. The van der Waals surface area contributed by atoms with E-state index in [1.54, 1.807) is 43.5 Å². The normalized spacial score (nSPS) is 14.4. The Kier molecular flexibility index (Phi) is 5.80. The molecule has 0 aromatic heterocycles. The molecule has 1 aliphatic rings. The molecule has 0 amide bonds. The zero-order valence-corrected chi connectivity index (χ0v) is 17.1. The van der Waals surface area contributed by atoms with Gasteiger partial charge in [0.1, 0.15) is 23.9 Å². The number of methoxy groups -OCH3 is 1. The Morgan fingerprint density at radius 2 is 1.84 bits per heavy atom. The van der Waals surface area contributed by atoms with Crippen molar-refractivity contribution in [2.45, 2.75) is 13.5 Å². The fourth-order valence-corrected chi connectivity index (χ4v) is 3.05. The summed E-state index contributed by atoms with van der Waals surface area (Å²) >= 11 is 0. The van der Waals surface area contributed by atoms with Gasteiger partial charge >= 0.3 is 5.97 Å². The zero-order valence-electron chi connectivity index (χ0n) is 17.1. The van der Waals surface area contributed by atoms with Gasteiger partial charge in [-0.15, -0.1) is 0 Å². The van der Waals surface area contributed by atoms with E-state index in [9.17, 15) is 9.18 Å². The third-order valence-electron chi connectivity index (χ3n) is 4.75. The topological polar surface area (TPSA) is 57.1 Å². The summed E-state index contributed by atoms with van der Waals surface area (Å²) in [6.45, 7) is 2.38. The van der Waals surface area contributed by atoms with E-state index in [-0.39, 0.29) is 17.2 Å². The van der Waals surface area contributed by atoms with E-state index in [0.717, 1.165) is 5.56 Å². The predicted octanol–water partition coefficient (Wildman–Crippen LogP) is 5.07. The number of halogens is 1. The van der Waals surface area contributed by atoms with Crippen molar-refractivity contribution in [3.8, 4) is 11.5 Å². The SMILES string of the molecule is COc1ccc(OCc2ccc(C)cc2)c(/C=C2/N=C(c3ccccc3F)OC2=O)c1. The van der Waals surface area contributed by atoms with Crippen molar-refractivity contribution in [3.63, 3.8) is 0 Å². The second-order valence-corrected chi connectivity index (χ2v) is 6.99. The lowest BCUT2D eigenvalue weighted by Crippen LogP contribution is -2.07. The average Bonchev–Trinajstić information content (AvgIpc) is 3.14. The molecule has 31 heavy (non-hydrogen) atoms. The molecule has 0 radical (unpaired) electrons. The third kappa shape index (κ3) is 4.64. The van der Waals surface area contributed by atoms with E-state index in [0.29, 0.717) is 23.7 Å². The number of carbonyl (C=O) groups excluding carboxylic acids is 1. The number of hydrogen-bond donors (Lipinski definition) is 0. The summed E-state index contributed by atoms with van der Waals surface area (Å²) in [5, 5.41) is 0. The maximum absolute atomic E-state index is 14.0. The highest BCUT2D eigenvalue weighted by molar-refractivity contribution is 6.13. The van der Waals surface area contributed by atoms with Gasteiger partial charge in [0.15, 0.2) is 5.70 Å². The molecule has 0 fully saturated rings. The summed E-state index contributed by atoms with van der Waals surface area (Å²) in [6.07, 6.45) is 1.54. The summed E-state index contributed by atoms with van der Waals surface area (Å²) in [7, 11) is 1.55. The van der Waals surface area contributed by atoms with E-state index in [1.807, 2.05) is 31.2 Å². The maximum Gasteiger partial charge on any atom is 0.363 e. The first-order valence-electron chi connectivity index (χ1n) is 9.67. The van der Waals surface area contributed by atoms with Crippen LogP contribution in [-0.2, 0) is 16.1 Å². The molecule has 0 spiro atoms. The first-order valence-corrected chi connectivity index (χ1v) is 9.67. The fraction of sp³-hybridized carbons (Fsp3) is 0.120. The molecule has 0 atom stereocenters. The van der Waals surface area contributed by atoms with Crippen molar-refractivity contribution >= 4 is 17.9 Å². The Morgan fingerprint density at radius 3 is 2.58 bits per heavy atom. The highest BCUT2D eigenvalue weighted by Crippen LogP contribution is 2.29. The quantitative estimate of drug-likeness (QED) is 0.415. The van der Waals surface area contributed by atoms with Gasteiger partial charge in [-0.1, -0.05) is 42.0 Å². The number of rotatable bonds is 6. The van der Waals surface area contributed by atoms with Gasteiger partial charge in [-0.25, -0.2) is 14.2 Å². The van der Waals surface area contributed by atoms with Crippen molar-refractivity contribution < 1.29 is 23.4 Å². The lowest BCUT2D eigenvalue weighted by Gasteiger charge is -2.11. The number of ether oxygens (including phenoxy) is 3. The molecule has 156 valence electrons. The first kappa shape index (κ1) is 20.3. The van der Waals surface area contributed by atoms with E-state index >= 15 is 0 Å². The molecule has 0 unspecified atom stereocenters. The molecule has 1 aliphatic heterocycles.